The molecule has 1 N–H and O–H groups in total. The average molecular weight is 245 g/mol. The van der Waals surface area contributed by atoms with E-state index in [0.29, 0.717) is 6.54 Å². The van der Waals surface area contributed by atoms with Crippen LogP contribution in [0.1, 0.15) is 26.3 Å². The highest BCUT2D eigenvalue weighted by Gasteiger charge is 2.25. The van der Waals surface area contributed by atoms with Crippen molar-refractivity contribution < 1.29 is 0 Å². The van der Waals surface area contributed by atoms with Crippen LogP contribution in [-0.4, -0.2) is 25.2 Å². The van der Waals surface area contributed by atoms with Gasteiger partial charge in [0.05, 0.1) is 6.07 Å². The fraction of sp³-hybridized carbons (Fsp3) is 0.533. The van der Waals surface area contributed by atoms with Gasteiger partial charge in [-0.3, -0.25) is 5.32 Å². The molecule has 0 radical (unpaired) electrons. The summed E-state index contributed by atoms with van der Waals surface area (Å²) in [6, 6.07) is 10.7. The highest BCUT2D eigenvalue weighted by Crippen LogP contribution is 2.21. The zero-order valence-electron chi connectivity index (χ0n) is 11.8. The molecular weight excluding hydrogens is 222 g/mol. The maximum Gasteiger partial charge on any atom is 0.121 e. The van der Waals surface area contributed by atoms with Crippen LogP contribution >= 0.6 is 0 Å². The van der Waals surface area contributed by atoms with Gasteiger partial charge in [0.25, 0.3) is 0 Å². The van der Waals surface area contributed by atoms with E-state index >= 15 is 0 Å². The van der Waals surface area contributed by atoms with Gasteiger partial charge in [-0.05, 0) is 38.9 Å². The smallest absolute Gasteiger partial charge is 0.121 e. The van der Waals surface area contributed by atoms with Gasteiger partial charge in [-0.2, -0.15) is 5.26 Å². The molecule has 0 aliphatic carbocycles. The number of rotatable bonds is 6. The minimum Gasteiger partial charge on any atom is -0.369 e. The van der Waals surface area contributed by atoms with Gasteiger partial charge < -0.3 is 4.90 Å². The number of benzene rings is 1. The second-order valence-electron chi connectivity index (χ2n) is 4.77. The molecule has 0 aromatic heterocycles. The molecule has 1 aromatic rings. The SMILES string of the molecule is CCNC(C)(C#N)CN(CC)c1ccccc1C. The standard InChI is InChI=1S/C15H23N3/c1-5-17-15(4,11-16)12-18(6-2)14-10-8-7-9-13(14)3/h7-10,17H,5-6,12H2,1-4H3. The number of nitrogens with one attached hydrogen (secondary N) is 1. The Morgan fingerprint density at radius 2 is 2.00 bits per heavy atom. The van der Waals surface area contributed by atoms with Crippen molar-refractivity contribution in [3.63, 3.8) is 0 Å². The monoisotopic (exact) mass is 245 g/mol. The summed E-state index contributed by atoms with van der Waals surface area (Å²) in [5.74, 6) is 0. The van der Waals surface area contributed by atoms with Crippen LogP contribution in [0, 0.1) is 18.3 Å². The van der Waals surface area contributed by atoms with Crippen LogP contribution in [0.5, 0.6) is 0 Å². The number of nitriles is 1. The predicted molar refractivity (Wildman–Crippen MR) is 76.8 cm³/mol. The summed E-state index contributed by atoms with van der Waals surface area (Å²) in [5.41, 5.74) is 1.95. The topological polar surface area (TPSA) is 39.1 Å². The highest BCUT2D eigenvalue weighted by molar-refractivity contribution is 5.53. The molecule has 0 saturated carbocycles. The summed E-state index contributed by atoms with van der Waals surface area (Å²) < 4.78 is 0. The molecule has 1 aromatic carbocycles. The molecule has 0 amide bonds. The zero-order valence-corrected chi connectivity index (χ0v) is 11.8. The van der Waals surface area contributed by atoms with Crippen LogP contribution in [0.3, 0.4) is 0 Å². The van der Waals surface area contributed by atoms with Crippen molar-refractivity contribution in [2.75, 3.05) is 24.5 Å². The van der Waals surface area contributed by atoms with E-state index in [9.17, 15) is 5.26 Å². The minimum absolute atomic E-state index is 0.507. The molecule has 18 heavy (non-hydrogen) atoms. The van der Waals surface area contributed by atoms with Gasteiger partial charge >= 0.3 is 0 Å². The third kappa shape index (κ3) is 3.48. The fourth-order valence-electron chi connectivity index (χ4n) is 2.19. The predicted octanol–water partition coefficient (Wildman–Crippen LogP) is 2.71. The van der Waals surface area contributed by atoms with Crippen molar-refractivity contribution >= 4 is 5.69 Å². The third-order valence-electron chi connectivity index (χ3n) is 3.16. The van der Waals surface area contributed by atoms with Gasteiger partial charge in [0, 0.05) is 18.8 Å². The Morgan fingerprint density at radius 3 is 2.50 bits per heavy atom. The Kier molecular flexibility index (Phi) is 5.18. The normalized spacial score (nSPS) is 13.7. The minimum atomic E-state index is -0.507. The molecule has 0 aliphatic rings. The maximum atomic E-state index is 9.34. The molecule has 0 spiro atoms. The van der Waals surface area contributed by atoms with Gasteiger partial charge in [-0.1, -0.05) is 25.1 Å². The lowest BCUT2D eigenvalue weighted by molar-refractivity contribution is 0.456. The maximum absolute atomic E-state index is 9.34. The van der Waals surface area contributed by atoms with E-state index in [0.717, 1.165) is 13.1 Å². The van der Waals surface area contributed by atoms with Crippen LogP contribution in [0.4, 0.5) is 5.69 Å². The van der Waals surface area contributed by atoms with Crippen molar-refractivity contribution in [2.45, 2.75) is 33.2 Å². The number of anilines is 1. The van der Waals surface area contributed by atoms with Gasteiger partial charge in [0.15, 0.2) is 0 Å². The Bertz CT molecular complexity index is 422. The fourth-order valence-corrected chi connectivity index (χ4v) is 2.19. The first-order valence-corrected chi connectivity index (χ1v) is 6.53. The molecule has 98 valence electrons. The number of hydrogen-bond acceptors (Lipinski definition) is 3. The molecule has 1 rings (SSSR count). The average Bonchev–Trinajstić information content (AvgIpc) is 2.37. The molecule has 3 heteroatoms. The Balaban J connectivity index is 2.92. The van der Waals surface area contributed by atoms with Gasteiger partial charge in [0.2, 0.25) is 0 Å². The number of para-hydroxylation sites is 1. The van der Waals surface area contributed by atoms with Crippen LogP contribution in [0.2, 0.25) is 0 Å². The summed E-state index contributed by atoms with van der Waals surface area (Å²) in [6.07, 6.45) is 0. The first kappa shape index (κ1) is 14.5. The molecule has 1 atom stereocenters. The molecule has 0 aliphatic heterocycles. The van der Waals surface area contributed by atoms with E-state index in [-0.39, 0.29) is 0 Å². The van der Waals surface area contributed by atoms with E-state index in [1.165, 1.54) is 11.3 Å². The molecule has 0 bridgehead atoms. The molecule has 3 nitrogen and oxygen atoms in total. The molecular formula is C15H23N3. The van der Waals surface area contributed by atoms with Crippen molar-refractivity contribution in [2.24, 2.45) is 0 Å². The Labute approximate surface area is 110 Å². The summed E-state index contributed by atoms with van der Waals surface area (Å²) in [5, 5.41) is 12.6. The number of aryl methyl sites for hydroxylation is 1. The third-order valence-corrected chi connectivity index (χ3v) is 3.16. The van der Waals surface area contributed by atoms with E-state index in [4.69, 9.17) is 0 Å². The second-order valence-corrected chi connectivity index (χ2v) is 4.77. The second kappa shape index (κ2) is 6.42. The molecule has 0 heterocycles. The van der Waals surface area contributed by atoms with Gasteiger partial charge in [-0.25, -0.2) is 0 Å². The first-order chi connectivity index (χ1) is 8.56. The van der Waals surface area contributed by atoms with Gasteiger partial charge in [-0.15, -0.1) is 0 Å². The van der Waals surface area contributed by atoms with Crippen molar-refractivity contribution in [1.29, 1.82) is 5.26 Å². The lowest BCUT2D eigenvalue weighted by Gasteiger charge is -2.32. The van der Waals surface area contributed by atoms with E-state index in [1.54, 1.807) is 0 Å². The first-order valence-electron chi connectivity index (χ1n) is 6.53. The quantitative estimate of drug-likeness (QED) is 0.837. The van der Waals surface area contributed by atoms with Crippen LogP contribution in [0.25, 0.3) is 0 Å². The van der Waals surface area contributed by atoms with E-state index < -0.39 is 5.54 Å². The van der Waals surface area contributed by atoms with Gasteiger partial charge in [0.1, 0.15) is 5.54 Å². The lowest BCUT2D eigenvalue weighted by atomic mass is 10.0. The summed E-state index contributed by atoms with van der Waals surface area (Å²) >= 11 is 0. The van der Waals surface area contributed by atoms with Crippen LogP contribution < -0.4 is 10.2 Å². The van der Waals surface area contributed by atoms with Crippen molar-refractivity contribution in [3.05, 3.63) is 29.8 Å². The van der Waals surface area contributed by atoms with Crippen LogP contribution in [0.15, 0.2) is 24.3 Å². The van der Waals surface area contributed by atoms with E-state index in [2.05, 4.69) is 42.3 Å². The highest BCUT2D eigenvalue weighted by atomic mass is 15.2. The Hall–Kier alpha value is -1.53. The number of hydrogen-bond donors (Lipinski definition) is 1. The summed E-state index contributed by atoms with van der Waals surface area (Å²) in [7, 11) is 0. The zero-order chi connectivity index (χ0) is 13.6. The summed E-state index contributed by atoms with van der Waals surface area (Å²) in [4.78, 5) is 2.25. The Morgan fingerprint density at radius 1 is 1.33 bits per heavy atom. The molecule has 0 fully saturated rings. The van der Waals surface area contributed by atoms with Crippen LogP contribution in [-0.2, 0) is 0 Å². The van der Waals surface area contributed by atoms with E-state index in [1.807, 2.05) is 26.0 Å². The molecule has 1 unspecified atom stereocenters. The number of nitrogens with zero attached hydrogens (tertiary/aromatic N) is 2. The number of likely N-dealkylation sites (N-methyl/N-ethyl adjacent to an activating group) is 2. The van der Waals surface area contributed by atoms with Crippen molar-refractivity contribution in [1.82, 2.24) is 5.32 Å². The lowest BCUT2D eigenvalue weighted by Crippen LogP contribution is -2.50. The summed E-state index contributed by atoms with van der Waals surface area (Å²) in [6.45, 7) is 10.6. The van der Waals surface area contributed by atoms with Crippen molar-refractivity contribution in [3.8, 4) is 6.07 Å². The largest absolute Gasteiger partial charge is 0.369 e. The molecule has 0 saturated heterocycles.